The standard InChI is InChI=1S/C20H31N3O2/c1-16(2)15-25-19-10-13-23(14-19)20(24)21-17-8-11-22(12-9-17)18-6-4-3-5-7-18/h3-7,16-17,19H,8-15H2,1-2H3,(H,21,24). The fraction of sp³-hybridized carbons (Fsp3) is 0.650. The highest BCUT2D eigenvalue weighted by atomic mass is 16.5. The molecular formula is C20H31N3O2. The summed E-state index contributed by atoms with van der Waals surface area (Å²) >= 11 is 0. The van der Waals surface area contributed by atoms with Crippen molar-refractivity contribution in [1.29, 1.82) is 0 Å². The number of rotatable bonds is 5. The van der Waals surface area contributed by atoms with Crippen LogP contribution in [0.25, 0.3) is 0 Å². The molecule has 0 radical (unpaired) electrons. The van der Waals surface area contributed by atoms with Gasteiger partial charge in [-0.15, -0.1) is 0 Å². The van der Waals surface area contributed by atoms with Crippen LogP contribution in [0.4, 0.5) is 10.5 Å². The molecule has 2 heterocycles. The van der Waals surface area contributed by atoms with Crippen molar-refractivity contribution < 1.29 is 9.53 Å². The van der Waals surface area contributed by atoms with E-state index in [-0.39, 0.29) is 18.2 Å². The van der Waals surface area contributed by atoms with Crippen molar-refractivity contribution in [3.63, 3.8) is 0 Å². The topological polar surface area (TPSA) is 44.8 Å². The molecule has 138 valence electrons. The number of nitrogens with one attached hydrogen (secondary N) is 1. The second-order valence-electron chi connectivity index (χ2n) is 7.63. The number of urea groups is 1. The molecule has 1 aromatic rings. The summed E-state index contributed by atoms with van der Waals surface area (Å²) in [7, 11) is 0. The van der Waals surface area contributed by atoms with Crippen LogP contribution in [0.15, 0.2) is 30.3 Å². The van der Waals surface area contributed by atoms with E-state index in [1.165, 1.54) is 5.69 Å². The van der Waals surface area contributed by atoms with Crippen LogP contribution in [0.3, 0.4) is 0 Å². The first-order chi connectivity index (χ1) is 12.1. The van der Waals surface area contributed by atoms with Gasteiger partial charge in [0.25, 0.3) is 0 Å². The molecule has 1 atom stereocenters. The van der Waals surface area contributed by atoms with E-state index >= 15 is 0 Å². The molecule has 0 saturated carbocycles. The maximum atomic E-state index is 12.5. The SMILES string of the molecule is CC(C)COC1CCN(C(=O)NC2CCN(c3ccccc3)CC2)C1. The fourth-order valence-corrected chi connectivity index (χ4v) is 3.56. The highest BCUT2D eigenvalue weighted by Gasteiger charge is 2.29. The highest BCUT2D eigenvalue weighted by molar-refractivity contribution is 5.75. The zero-order valence-electron chi connectivity index (χ0n) is 15.5. The van der Waals surface area contributed by atoms with Crippen molar-refractivity contribution in [3.8, 4) is 0 Å². The van der Waals surface area contributed by atoms with Crippen molar-refractivity contribution in [2.24, 2.45) is 5.92 Å². The van der Waals surface area contributed by atoms with E-state index < -0.39 is 0 Å². The molecule has 2 fully saturated rings. The van der Waals surface area contributed by atoms with Gasteiger partial charge in [-0.05, 0) is 37.3 Å². The average molecular weight is 345 g/mol. The molecule has 5 nitrogen and oxygen atoms in total. The van der Waals surface area contributed by atoms with Crippen LogP contribution in [-0.2, 0) is 4.74 Å². The van der Waals surface area contributed by atoms with Crippen molar-refractivity contribution in [1.82, 2.24) is 10.2 Å². The number of benzene rings is 1. The number of carbonyl (C=O) groups excluding carboxylic acids is 1. The van der Waals surface area contributed by atoms with Crippen LogP contribution in [-0.4, -0.2) is 55.9 Å². The number of hydrogen-bond acceptors (Lipinski definition) is 3. The van der Waals surface area contributed by atoms with Gasteiger partial charge >= 0.3 is 6.03 Å². The highest BCUT2D eigenvalue weighted by Crippen LogP contribution is 2.20. The Kier molecular flexibility index (Phi) is 6.19. The summed E-state index contributed by atoms with van der Waals surface area (Å²) in [5.74, 6) is 0.540. The van der Waals surface area contributed by atoms with Crippen LogP contribution in [0.2, 0.25) is 0 Å². The summed E-state index contributed by atoms with van der Waals surface area (Å²) in [5.41, 5.74) is 1.27. The number of nitrogens with zero attached hydrogens (tertiary/aromatic N) is 2. The first kappa shape index (κ1) is 18.1. The van der Waals surface area contributed by atoms with Crippen molar-refractivity contribution in [3.05, 3.63) is 30.3 Å². The van der Waals surface area contributed by atoms with Gasteiger partial charge in [0.2, 0.25) is 0 Å². The largest absolute Gasteiger partial charge is 0.376 e. The van der Waals surface area contributed by atoms with Gasteiger partial charge < -0.3 is 19.9 Å². The van der Waals surface area contributed by atoms with Crippen LogP contribution in [0.1, 0.15) is 33.1 Å². The number of likely N-dealkylation sites (tertiary alicyclic amines) is 1. The molecule has 3 rings (SSSR count). The average Bonchev–Trinajstić information content (AvgIpc) is 3.11. The number of hydrogen-bond donors (Lipinski definition) is 1. The number of anilines is 1. The van der Waals surface area contributed by atoms with Gasteiger partial charge in [0.15, 0.2) is 0 Å². The number of carbonyl (C=O) groups is 1. The Morgan fingerprint density at radius 1 is 1.16 bits per heavy atom. The predicted molar refractivity (Wildman–Crippen MR) is 101 cm³/mol. The minimum Gasteiger partial charge on any atom is -0.376 e. The van der Waals surface area contributed by atoms with Crippen molar-refractivity contribution in [2.75, 3.05) is 37.7 Å². The first-order valence-electron chi connectivity index (χ1n) is 9.59. The summed E-state index contributed by atoms with van der Waals surface area (Å²) in [6, 6.07) is 10.9. The molecule has 25 heavy (non-hydrogen) atoms. The summed E-state index contributed by atoms with van der Waals surface area (Å²) in [6.07, 6.45) is 3.16. The molecule has 2 aliphatic rings. The van der Waals surface area contributed by atoms with E-state index in [0.29, 0.717) is 5.92 Å². The van der Waals surface area contributed by atoms with Gasteiger partial charge in [0, 0.05) is 44.5 Å². The first-order valence-corrected chi connectivity index (χ1v) is 9.59. The van der Waals surface area contributed by atoms with E-state index in [1.54, 1.807) is 0 Å². The maximum Gasteiger partial charge on any atom is 0.317 e. The second kappa shape index (κ2) is 8.56. The third-order valence-corrected chi connectivity index (χ3v) is 5.04. The zero-order chi connectivity index (χ0) is 17.6. The summed E-state index contributed by atoms with van der Waals surface area (Å²) < 4.78 is 5.87. The Balaban J connectivity index is 1.39. The lowest BCUT2D eigenvalue weighted by Gasteiger charge is -2.34. The second-order valence-corrected chi connectivity index (χ2v) is 7.63. The molecule has 1 aromatic carbocycles. The molecule has 2 saturated heterocycles. The van der Waals surface area contributed by atoms with E-state index in [4.69, 9.17) is 4.74 Å². The lowest BCUT2D eigenvalue weighted by Crippen LogP contribution is -2.49. The molecule has 2 aliphatic heterocycles. The maximum absolute atomic E-state index is 12.5. The molecule has 0 spiro atoms. The normalized spacial score (nSPS) is 21.8. The van der Waals surface area contributed by atoms with Gasteiger partial charge in [0.05, 0.1) is 6.10 Å². The fourth-order valence-electron chi connectivity index (χ4n) is 3.56. The van der Waals surface area contributed by atoms with E-state index in [2.05, 4.69) is 48.3 Å². The van der Waals surface area contributed by atoms with Crippen molar-refractivity contribution >= 4 is 11.7 Å². The van der Waals surface area contributed by atoms with Gasteiger partial charge in [-0.3, -0.25) is 0 Å². The monoisotopic (exact) mass is 345 g/mol. The van der Waals surface area contributed by atoms with E-state index in [1.807, 2.05) is 11.0 Å². The summed E-state index contributed by atoms with van der Waals surface area (Å²) in [5, 5.41) is 3.22. The smallest absolute Gasteiger partial charge is 0.317 e. The minimum atomic E-state index is 0.0776. The number of piperidine rings is 1. The Labute approximate surface area is 151 Å². The quantitative estimate of drug-likeness (QED) is 0.892. The molecule has 0 bridgehead atoms. The van der Waals surface area contributed by atoms with Crippen LogP contribution in [0, 0.1) is 5.92 Å². The molecule has 1 unspecified atom stereocenters. The third-order valence-electron chi connectivity index (χ3n) is 5.04. The van der Waals surface area contributed by atoms with Gasteiger partial charge in [0.1, 0.15) is 0 Å². The number of ether oxygens (including phenoxy) is 1. The summed E-state index contributed by atoms with van der Waals surface area (Å²) in [4.78, 5) is 16.8. The van der Waals surface area contributed by atoms with Gasteiger partial charge in [-0.1, -0.05) is 32.0 Å². The molecule has 5 heteroatoms. The lowest BCUT2D eigenvalue weighted by molar-refractivity contribution is 0.0435. The van der Waals surface area contributed by atoms with Crippen LogP contribution in [0.5, 0.6) is 0 Å². The third kappa shape index (κ3) is 5.11. The Hall–Kier alpha value is -1.75. The number of amides is 2. The molecular weight excluding hydrogens is 314 g/mol. The van der Waals surface area contributed by atoms with E-state index in [9.17, 15) is 4.79 Å². The number of para-hydroxylation sites is 1. The molecule has 2 amide bonds. The summed E-state index contributed by atoms with van der Waals surface area (Å²) in [6.45, 7) is 8.60. The lowest BCUT2D eigenvalue weighted by atomic mass is 10.0. The van der Waals surface area contributed by atoms with Crippen LogP contribution >= 0.6 is 0 Å². The van der Waals surface area contributed by atoms with Gasteiger partial charge in [-0.2, -0.15) is 0 Å². The Bertz CT molecular complexity index is 541. The van der Waals surface area contributed by atoms with E-state index in [0.717, 1.165) is 52.0 Å². The van der Waals surface area contributed by atoms with Crippen LogP contribution < -0.4 is 10.2 Å². The molecule has 0 aliphatic carbocycles. The van der Waals surface area contributed by atoms with Crippen molar-refractivity contribution in [2.45, 2.75) is 45.3 Å². The predicted octanol–water partition coefficient (Wildman–Crippen LogP) is 3.11. The molecule has 0 aromatic heterocycles. The Morgan fingerprint density at radius 3 is 2.56 bits per heavy atom. The zero-order valence-corrected chi connectivity index (χ0v) is 15.5. The van der Waals surface area contributed by atoms with Gasteiger partial charge in [-0.25, -0.2) is 4.79 Å². The Morgan fingerprint density at radius 2 is 1.88 bits per heavy atom. The minimum absolute atomic E-state index is 0.0776. The molecule has 1 N–H and O–H groups in total.